The molecule has 0 saturated heterocycles. The smallest absolute Gasteiger partial charge is 0.131 e. The Bertz CT molecular complexity index is 116. The van der Waals surface area contributed by atoms with Crippen LogP contribution in [-0.4, -0.2) is 21.3 Å². The molecule has 60 valence electrons. The van der Waals surface area contributed by atoms with E-state index in [0.717, 1.165) is 0 Å². The first-order chi connectivity index (χ1) is 4.54. The summed E-state index contributed by atoms with van der Waals surface area (Å²) < 4.78 is 0.403. The lowest BCUT2D eigenvalue weighted by molar-refractivity contribution is 0.149. The van der Waals surface area contributed by atoms with Gasteiger partial charge in [-0.05, 0) is 5.92 Å². The van der Waals surface area contributed by atoms with Crippen LogP contribution in [-0.2, 0) is 0 Å². The summed E-state index contributed by atoms with van der Waals surface area (Å²) in [4.78, 5) is 0. The number of hydrogen-bond donors (Lipinski definition) is 2. The van der Waals surface area contributed by atoms with Crippen molar-refractivity contribution in [3.63, 3.8) is 0 Å². The number of aliphatic hydroxyl groups is 1. The number of hydrogen-bond acceptors (Lipinski definition) is 3. The van der Waals surface area contributed by atoms with Gasteiger partial charge in [0.15, 0.2) is 0 Å². The minimum absolute atomic E-state index is 0.279. The number of rotatable bonds is 3. The Kier molecular flexibility index (Phi) is 5.03. The van der Waals surface area contributed by atoms with Gasteiger partial charge in [-0.2, -0.15) is 0 Å². The molecule has 10 heavy (non-hydrogen) atoms. The first-order valence-electron chi connectivity index (χ1n) is 3.14. The molecule has 0 saturated carbocycles. The van der Waals surface area contributed by atoms with Crippen molar-refractivity contribution >= 4 is 28.3 Å². The summed E-state index contributed by atoms with van der Waals surface area (Å²) in [5.74, 6) is 0.884. The molecule has 3 N–H and O–H groups in total. The third-order valence-electron chi connectivity index (χ3n) is 1.17. The van der Waals surface area contributed by atoms with Gasteiger partial charge in [0.2, 0.25) is 0 Å². The molecule has 0 aromatic heterocycles. The summed E-state index contributed by atoms with van der Waals surface area (Å²) in [6, 6.07) is 0. The quantitative estimate of drug-likeness (QED) is 0.634. The maximum absolute atomic E-state index is 9.24. The summed E-state index contributed by atoms with van der Waals surface area (Å²) in [6.45, 7) is 3.93. The van der Waals surface area contributed by atoms with Gasteiger partial charge in [0, 0.05) is 5.75 Å². The van der Waals surface area contributed by atoms with E-state index in [0.29, 0.717) is 10.1 Å². The van der Waals surface area contributed by atoms with Gasteiger partial charge in [-0.25, -0.2) is 0 Å². The van der Waals surface area contributed by atoms with Crippen LogP contribution >= 0.6 is 24.0 Å². The van der Waals surface area contributed by atoms with Gasteiger partial charge in [-0.1, -0.05) is 37.8 Å². The van der Waals surface area contributed by atoms with Crippen LogP contribution in [0.2, 0.25) is 0 Å². The third kappa shape index (κ3) is 5.02. The number of thiocarbonyl (C=S) groups is 1. The fraction of sp³-hybridized carbons (Fsp3) is 0.833. The lowest BCUT2D eigenvalue weighted by Gasteiger charge is -2.12. The van der Waals surface area contributed by atoms with Crippen LogP contribution in [0.3, 0.4) is 0 Å². The molecular formula is C6H13NOS2. The van der Waals surface area contributed by atoms with E-state index in [-0.39, 0.29) is 12.0 Å². The molecule has 0 aromatic carbocycles. The van der Waals surface area contributed by atoms with Gasteiger partial charge < -0.3 is 10.8 Å². The van der Waals surface area contributed by atoms with Gasteiger partial charge >= 0.3 is 0 Å². The van der Waals surface area contributed by atoms with Crippen molar-refractivity contribution in [2.45, 2.75) is 20.0 Å². The number of nitrogens with two attached hydrogens (primary N) is 1. The summed E-state index contributed by atoms with van der Waals surface area (Å²) in [5, 5.41) is 9.24. The second-order valence-corrected chi connectivity index (χ2v) is 4.20. The van der Waals surface area contributed by atoms with Crippen molar-refractivity contribution in [2.75, 3.05) is 5.75 Å². The van der Waals surface area contributed by atoms with Crippen molar-refractivity contribution in [2.24, 2.45) is 11.7 Å². The molecule has 0 heterocycles. The number of thioether (sulfide) groups is 1. The Hall–Kier alpha value is 0.200. The highest BCUT2D eigenvalue weighted by molar-refractivity contribution is 8.22. The first-order valence-corrected chi connectivity index (χ1v) is 4.53. The summed E-state index contributed by atoms with van der Waals surface area (Å²) >= 11 is 5.96. The standard InChI is InChI=1S/C6H13NOS2/c1-4(2)5(8)3-10-6(7)9/h4-5,8H,3H2,1-2H3,(H2,7,9). The topological polar surface area (TPSA) is 46.2 Å². The highest BCUT2D eigenvalue weighted by Gasteiger charge is 2.08. The van der Waals surface area contributed by atoms with Crippen LogP contribution < -0.4 is 5.73 Å². The Morgan fingerprint density at radius 2 is 2.20 bits per heavy atom. The Morgan fingerprint density at radius 3 is 2.50 bits per heavy atom. The van der Waals surface area contributed by atoms with E-state index in [2.05, 4.69) is 12.2 Å². The molecular weight excluding hydrogens is 166 g/mol. The number of aliphatic hydroxyl groups excluding tert-OH is 1. The maximum Gasteiger partial charge on any atom is 0.131 e. The van der Waals surface area contributed by atoms with Crippen molar-refractivity contribution in [3.05, 3.63) is 0 Å². The molecule has 0 aliphatic carbocycles. The Morgan fingerprint density at radius 1 is 1.70 bits per heavy atom. The Balaban J connectivity index is 3.39. The first kappa shape index (κ1) is 10.2. The van der Waals surface area contributed by atoms with Crippen molar-refractivity contribution in [1.82, 2.24) is 0 Å². The molecule has 0 rings (SSSR count). The van der Waals surface area contributed by atoms with Gasteiger partial charge in [-0.15, -0.1) is 0 Å². The van der Waals surface area contributed by atoms with Gasteiger partial charge in [-0.3, -0.25) is 0 Å². The largest absolute Gasteiger partial charge is 0.392 e. The fourth-order valence-electron chi connectivity index (χ4n) is 0.360. The van der Waals surface area contributed by atoms with Crippen LogP contribution in [0.4, 0.5) is 0 Å². The second kappa shape index (κ2) is 4.93. The predicted molar refractivity (Wildman–Crippen MR) is 50.1 cm³/mol. The zero-order chi connectivity index (χ0) is 8.15. The van der Waals surface area contributed by atoms with Gasteiger partial charge in [0.1, 0.15) is 4.32 Å². The molecule has 1 atom stereocenters. The van der Waals surface area contributed by atoms with E-state index in [4.69, 9.17) is 5.73 Å². The second-order valence-electron chi connectivity index (χ2n) is 2.44. The molecule has 0 spiro atoms. The van der Waals surface area contributed by atoms with E-state index < -0.39 is 0 Å². The van der Waals surface area contributed by atoms with Crippen molar-refractivity contribution in [1.29, 1.82) is 0 Å². The van der Waals surface area contributed by atoms with Crippen molar-refractivity contribution in [3.8, 4) is 0 Å². The summed E-state index contributed by atoms with van der Waals surface area (Å²) in [7, 11) is 0. The maximum atomic E-state index is 9.24. The van der Waals surface area contributed by atoms with Crippen LogP contribution in [0.25, 0.3) is 0 Å². The van der Waals surface area contributed by atoms with Crippen LogP contribution in [0.15, 0.2) is 0 Å². The molecule has 4 heteroatoms. The van der Waals surface area contributed by atoms with Crippen molar-refractivity contribution < 1.29 is 5.11 Å². The molecule has 0 fully saturated rings. The molecule has 0 radical (unpaired) electrons. The van der Waals surface area contributed by atoms with Gasteiger partial charge in [0.25, 0.3) is 0 Å². The average molecular weight is 179 g/mol. The van der Waals surface area contributed by atoms with E-state index >= 15 is 0 Å². The highest BCUT2D eigenvalue weighted by Crippen LogP contribution is 2.09. The molecule has 0 aliphatic heterocycles. The van der Waals surface area contributed by atoms with E-state index in [1.54, 1.807) is 0 Å². The monoisotopic (exact) mass is 179 g/mol. The normalized spacial score (nSPS) is 13.6. The zero-order valence-corrected chi connectivity index (χ0v) is 7.84. The Labute approximate surface area is 71.2 Å². The van der Waals surface area contributed by atoms with Crippen LogP contribution in [0.5, 0.6) is 0 Å². The fourth-order valence-corrected chi connectivity index (χ4v) is 1.28. The zero-order valence-electron chi connectivity index (χ0n) is 6.20. The molecule has 0 aromatic rings. The van der Waals surface area contributed by atoms with E-state index in [1.165, 1.54) is 11.8 Å². The molecule has 1 unspecified atom stereocenters. The average Bonchev–Trinajstić information content (AvgIpc) is 1.82. The molecule has 2 nitrogen and oxygen atoms in total. The minimum atomic E-state index is -0.300. The highest BCUT2D eigenvalue weighted by atomic mass is 32.2. The molecule has 0 aliphatic rings. The lowest BCUT2D eigenvalue weighted by atomic mass is 10.1. The summed E-state index contributed by atoms with van der Waals surface area (Å²) in [6.07, 6.45) is -0.300. The van der Waals surface area contributed by atoms with E-state index in [1.807, 2.05) is 13.8 Å². The minimum Gasteiger partial charge on any atom is -0.392 e. The predicted octanol–water partition coefficient (Wildman–Crippen LogP) is 0.980. The summed E-state index contributed by atoms with van der Waals surface area (Å²) in [5.41, 5.74) is 5.22. The van der Waals surface area contributed by atoms with Crippen LogP contribution in [0.1, 0.15) is 13.8 Å². The van der Waals surface area contributed by atoms with Crippen LogP contribution in [0, 0.1) is 5.92 Å². The molecule has 0 bridgehead atoms. The molecule has 0 amide bonds. The SMILES string of the molecule is CC(C)C(O)CSC(N)=S. The van der Waals surface area contributed by atoms with Gasteiger partial charge in [0.05, 0.1) is 6.10 Å². The lowest BCUT2D eigenvalue weighted by Crippen LogP contribution is -2.19. The third-order valence-corrected chi connectivity index (χ3v) is 2.31. The van der Waals surface area contributed by atoms with E-state index in [9.17, 15) is 5.11 Å².